The fourth-order valence-corrected chi connectivity index (χ4v) is 3.52. The predicted molar refractivity (Wildman–Crippen MR) is 97.0 cm³/mol. The topological polar surface area (TPSA) is 40.5 Å². The standard InChI is InChI=1S/C14H24N4S.HI/c1-10-5-11(2)8-18(7-10)14(15-4)16-6-13-17-12(3)9-19-13;/h9-11H,5-8H2,1-4H3,(H,15,16);1H. The molecule has 1 aromatic rings. The van der Waals surface area contributed by atoms with E-state index in [4.69, 9.17) is 0 Å². The summed E-state index contributed by atoms with van der Waals surface area (Å²) >= 11 is 1.70. The first-order valence-corrected chi connectivity index (χ1v) is 7.83. The molecule has 1 aromatic heterocycles. The quantitative estimate of drug-likeness (QED) is 0.465. The molecule has 6 heteroatoms. The molecule has 114 valence electrons. The maximum atomic E-state index is 4.47. The van der Waals surface area contributed by atoms with Crippen LogP contribution in [0.5, 0.6) is 0 Å². The molecule has 4 nitrogen and oxygen atoms in total. The lowest BCUT2D eigenvalue weighted by Gasteiger charge is -2.37. The monoisotopic (exact) mass is 408 g/mol. The van der Waals surface area contributed by atoms with Crippen LogP contribution in [0.2, 0.25) is 0 Å². The Hall–Kier alpha value is -0.370. The van der Waals surface area contributed by atoms with Crippen LogP contribution >= 0.6 is 35.3 Å². The van der Waals surface area contributed by atoms with Crippen molar-refractivity contribution in [3.05, 3.63) is 16.1 Å². The number of rotatable bonds is 2. The first kappa shape index (κ1) is 17.7. The normalized spacial score (nSPS) is 23.4. The summed E-state index contributed by atoms with van der Waals surface area (Å²) in [5.74, 6) is 2.49. The van der Waals surface area contributed by atoms with Crippen LogP contribution in [0.25, 0.3) is 0 Å². The van der Waals surface area contributed by atoms with Gasteiger partial charge in [-0.15, -0.1) is 35.3 Å². The molecule has 1 aliphatic heterocycles. The zero-order valence-corrected chi connectivity index (χ0v) is 15.9. The summed E-state index contributed by atoms with van der Waals surface area (Å²) in [5, 5.41) is 6.64. The Morgan fingerprint density at radius 1 is 1.45 bits per heavy atom. The van der Waals surface area contributed by atoms with Crippen LogP contribution in [0.4, 0.5) is 0 Å². The van der Waals surface area contributed by atoms with Crippen LogP contribution in [0.15, 0.2) is 10.4 Å². The minimum atomic E-state index is 0. The molecule has 1 aliphatic rings. The number of hydrogen-bond donors (Lipinski definition) is 1. The van der Waals surface area contributed by atoms with Crippen molar-refractivity contribution < 1.29 is 0 Å². The zero-order valence-electron chi connectivity index (χ0n) is 12.7. The van der Waals surface area contributed by atoms with Gasteiger partial charge >= 0.3 is 0 Å². The number of aromatic nitrogens is 1. The van der Waals surface area contributed by atoms with Crippen molar-refractivity contribution in [1.29, 1.82) is 0 Å². The highest BCUT2D eigenvalue weighted by Gasteiger charge is 2.23. The molecule has 0 aliphatic carbocycles. The molecule has 1 N–H and O–H groups in total. The number of piperidine rings is 1. The summed E-state index contributed by atoms with van der Waals surface area (Å²) in [6.07, 6.45) is 1.32. The van der Waals surface area contributed by atoms with Crippen LogP contribution in [0, 0.1) is 18.8 Å². The van der Waals surface area contributed by atoms with Crippen LogP contribution < -0.4 is 5.32 Å². The molecule has 0 saturated carbocycles. The lowest BCUT2D eigenvalue weighted by molar-refractivity contribution is 0.208. The van der Waals surface area contributed by atoms with E-state index in [1.807, 2.05) is 14.0 Å². The number of aliphatic imine (C=N–C) groups is 1. The number of likely N-dealkylation sites (tertiary alicyclic amines) is 1. The molecule has 1 saturated heterocycles. The van der Waals surface area contributed by atoms with Gasteiger partial charge in [-0.25, -0.2) is 4.98 Å². The maximum Gasteiger partial charge on any atom is 0.194 e. The Morgan fingerprint density at radius 2 is 2.10 bits per heavy atom. The van der Waals surface area contributed by atoms with E-state index in [-0.39, 0.29) is 24.0 Å². The minimum absolute atomic E-state index is 0. The Balaban J connectivity index is 0.00000200. The first-order valence-electron chi connectivity index (χ1n) is 6.95. The second-order valence-corrected chi connectivity index (χ2v) is 6.58. The number of halogens is 1. The minimum Gasteiger partial charge on any atom is -0.350 e. The van der Waals surface area contributed by atoms with Gasteiger partial charge in [-0.3, -0.25) is 4.99 Å². The molecule has 0 bridgehead atoms. The Bertz CT molecular complexity index is 436. The van der Waals surface area contributed by atoms with E-state index in [9.17, 15) is 0 Å². The van der Waals surface area contributed by atoms with E-state index >= 15 is 0 Å². The van der Waals surface area contributed by atoms with Crippen molar-refractivity contribution in [2.75, 3.05) is 20.1 Å². The van der Waals surface area contributed by atoms with E-state index < -0.39 is 0 Å². The largest absolute Gasteiger partial charge is 0.350 e. The lowest BCUT2D eigenvalue weighted by Crippen LogP contribution is -2.48. The summed E-state index contributed by atoms with van der Waals surface area (Å²) in [6, 6.07) is 0. The summed E-state index contributed by atoms with van der Waals surface area (Å²) in [4.78, 5) is 11.3. The first-order chi connectivity index (χ1) is 9.08. The average Bonchev–Trinajstić information content (AvgIpc) is 2.75. The van der Waals surface area contributed by atoms with Crippen LogP contribution in [0.1, 0.15) is 31.0 Å². The summed E-state index contributed by atoms with van der Waals surface area (Å²) in [7, 11) is 1.86. The molecule has 2 heterocycles. The molecular weight excluding hydrogens is 383 g/mol. The van der Waals surface area contributed by atoms with Gasteiger partial charge in [0.1, 0.15) is 5.01 Å². The number of nitrogens with zero attached hydrogens (tertiary/aromatic N) is 3. The summed E-state index contributed by atoms with van der Waals surface area (Å²) in [6.45, 7) is 9.63. The third kappa shape index (κ3) is 4.87. The number of thiazole rings is 1. The van der Waals surface area contributed by atoms with E-state index in [1.165, 1.54) is 6.42 Å². The van der Waals surface area contributed by atoms with Crippen LogP contribution in [-0.4, -0.2) is 36.0 Å². The second-order valence-electron chi connectivity index (χ2n) is 5.63. The molecule has 2 unspecified atom stereocenters. The number of nitrogens with one attached hydrogen (secondary N) is 1. The lowest BCUT2D eigenvalue weighted by atomic mass is 9.92. The van der Waals surface area contributed by atoms with Gasteiger partial charge in [0.15, 0.2) is 5.96 Å². The highest BCUT2D eigenvalue weighted by atomic mass is 127. The summed E-state index contributed by atoms with van der Waals surface area (Å²) in [5.41, 5.74) is 1.09. The van der Waals surface area contributed by atoms with Crippen molar-refractivity contribution >= 4 is 41.3 Å². The van der Waals surface area contributed by atoms with Gasteiger partial charge in [-0.05, 0) is 25.2 Å². The molecule has 20 heavy (non-hydrogen) atoms. The number of aryl methyl sites for hydroxylation is 1. The van der Waals surface area contributed by atoms with Crippen LogP contribution in [0.3, 0.4) is 0 Å². The fraction of sp³-hybridized carbons (Fsp3) is 0.714. The highest BCUT2D eigenvalue weighted by molar-refractivity contribution is 14.0. The average molecular weight is 408 g/mol. The van der Waals surface area contributed by atoms with Gasteiger partial charge in [0, 0.05) is 31.2 Å². The van der Waals surface area contributed by atoms with Crippen molar-refractivity contribution in [1.82, 2.24) is 15.2 Å². The molecule has 1 fully saturated rings. The zero-order chi connectivity index (χ0) is 13.8. The molecule has 0 radical (unpaired) electrons. The predicted octanol–water partition coefficient (Wildman–Crippen LogP) is 3.12. The Kier molecular flexibility index (Phi) is 7.22. The van der Waals surface area contributed by atoms with E-state index in [1.54, 1.807) is 11.3 Å². The summed E-state index contributed by atoms with van der Waals surface area (Å²) < 4.78 is 0. The van der Waals surface area contributed by atoms with Gasteiger partial charge in [-0.2, -0.15) is 0 Å². The Labute approximate surface area is 143 Å². The second kappa shape index (κ2) is 8.17. The van der Waals surface area contributed by atoms with Crippen molar-refractivity contribution in [2.45, 2.75) is 33.7 Å². The highest BCUT2D eigenvalue weighted by Crippen LogP contribution is 2.21. The van der Waals surface area contributed by atoms with Gasteiger partial charge in [-0.1, -0.05) is 13.8 Å². The van der Waals surface area contributed by atoms with Gasteiger partial charge in [0.25, 0.3) is 0 Å². The molecule has 2 rings (SSSR count). The molecular formula is C14H25IN4S. The third-order valence-electron chi connectivity index (χ3n) is 3.44. The smallest absolute Gasteiger partial charge is 0.194 e. The van der Waals surface area contributed by atoms with Gasteiger partial charge in [0.2, 0.25) is 0 Å². The SMILES string of the molecule is CN=C(NCc1nc(C)cs1)N1CC(C)CC(C)C1.I. The number of guanidine groups is 1. The molecule has 0 amide bonds. The van der Waals surface area contributed by atoms with Crippen LogP contribution in [-0.2, 0) is 6.54 Å². The Morgan fingerprint density at radius 3 is 2.60 bits per heavy atom. The third-order valence-corrected chi connectivity index (χ3v) is 4.41. The van der Waals surface area contributed by atoms with E-state index in [0.29, 0.717) is 0 Å². The van der Waals surface area contributed by atoms with Crippen molar-refractivity contribution in [3.8, 4) is 0 Å². The van der Waals surface area contributed by atoms with E-state index in [2.05, 4.69) is 39.4 Å². The van der Waals surface area contributed by atoms with E-state index in [0.717, 1.165) is 48.1 Å². The number of hydrogen-bond acceptors (Lipinski definition) is 3. The maximum absolute atomic E-state index is 4.47. The van der Waals surface area contributed by atoms with Crippen molar-refractivity contribution in [3.63, 3.8) is 0 Å². The molecule has 0 aromatic carbocycles. The van der Waals surface area contributed by atoms with Crippen molar-refractivity contribution in [2.24, 2.45) is 16.8 Å². The molecule has 2 atom stereocenters. The fourth-order valence-electron chi connectivity index (χ4n) is 2.81. The van der Waals surface area contributed by atoms with Gasteiger partial charge < -0.3 is 10.2 Å². The molecule has 0 spiro atoms. The van der Waals surface area contributed by atoms with Gasteiger partial charge in [0.05, 0.1) is 6.54 Å².